The second-order valence-corrected chi connectivity index (χ2v) is 16.0. The van der Waals surface area contributed by atoms with Crippen LogP contribution < -0.4 is 9.80 Å². The lowest BCUT2D eigenvalue weighted by Gasteiger charge is -2.28. The Labute approximate surface area is 340 Å². The van der Waals surface area contributed by atoms with Crippen LogP contribution in [0.15, 0.2) is 220 Å². The molecule has 0 saturated carbocycles. The monoisotopic (exact) mass is 758 g/mol. The number of para-hydroxylation sites is 3. The predicted molar refractivity (Wildman–Crippen MR) is 245 cm³/mol. The SMILES string of the molecule is c1ccc(N(c2ccc3c(c2)Sc2cccc4c2c-3cc2ccc(N(c3ccccc3)c3ccc5c(c3)oc3ccccc35)cc24)c2ccc3ccccc3c2)cc1. The van der Waals surface area contributed by atoms with E-state index in [4.69, 9.17) is 4.42 Å². The first-order valence-corrected chi connectivity index (χ1v) is 20.5. The number of furan rings is 1. The summed E-state index contributed by atoms with van der Waals surface area (Å²) in [6, 6.07) is 74.5. The van der Waals surface area contributed by atoms with Gasteiger partial charge in [0.15, 0.2) is 0 Å². The van der Waals surface area contributed by atoms with Crippen LogP contribution in [-0.2, 0) is 0 Å². The minimum absolute atomic E-state index is 0.880. The molecule has 1 aromatic heterocycles. The highest BCUT2D eigenvalue weighted by Gasteiger charge is 2.24. The highest BCUT2D eigenvalue weighted by Crippen LogP contribution is 2.52. The third-order valence-corrected chi connectivity index (χ3v) is 12.7. The summed E-state index contributed by atoms with van der Waals surface area (Å²) >= 11 is 1.87. The summed E-state index contributed by atoms with van der Waals surface area (Å²) in [6.45, 7) is 0. The molecule has 0 unspecified atom stereocenters. The third-order valence-electron chi connectivity index (χ3n) is 11.6. The smallest absolute Gasteiger partial charge is 0.137 e. The van der Waals surface area contributed by atoms with Crippen LogP contribution >= 0.6 is 11.8 Å². The Balaban J connectivity index is 0.990. The molecular weight excluding hydrogens is 725 g/mol. The normalized spacial score (nSPS) is 12.1. The molecule has 11 aromatic rings. The van der Waals surface area contributed by atoms with Gasteiger partial charge in [-0.15, -0.1) is 0 Å². The minimum atomic E-state index is 0.880. The summed E-state index contributed by atoms with van der Waals surface area (Å²) in [6.07, 6.45) is 0. The molecule has 1 aliphatic rings. The molecule has 58 heavy (non-hydrogen) atoms. The third kappa shape index (κ3) is 5.30. The van der Waals surface area contributed by atoms with Crippen LogP contribution in [0.2, 0.25) is 0 Å². The van der Waals surface area contributed by atoms with Gasteiger partial charge in [0.1, 0.15) is 11.2 Å². The van der Waals surface area contributed by atoms with Gasteiger partial charge in [-0.3, -0.25) is 0 Å². The molecule has 0 spiro atoms. The molecule has 3 nitrogen and oxygen atoms in total. The van der Waals surface area contributed by atoms with Crippen LogP contribution in [0.1, 0.15) is 0 Å². The van der Waals surface area contributed by atoms with Gasteiger partial charge >= 0.3 is 0 Å². The largest absolute Gasteiger partial charge is 0.456 e. The van der Waals surface area contributed by atoms with Crippen molar-refractivity contribution in [3.05, 3.63) is 206 Å². The quantitative estimate of drug-likeness (QED) is 0.157. The van der Waals surface area contributed by atoms with E-state index in [1.165, 1.54) is 53.2 Å². The first kappa shape index (κ1) is 32.9. The summed E-state index contributed by atoms with van der Waals surface area (Å²) in [4.78, 5) is 7.24. The number of fused-ring (bicyclic) bond motifs is 8. The number of anilines is 6. The fraction of sp³-hybridized carbons (Fsp3) is 0. The summed E-state index contributed by atoms with van der Waals surface area (Å²) in [7, 11) is 0. The second kappa shape index (κ2) is 13.2. The van der Waals surface area contributed by atoms with Crippen LogP contribution in [0, 0.1) is 0 Å². The Kier molecular flexibility index (Phi) is 7.47. The Bertz CT molecular complexity index is 3390. The van der Waals surface area contributed by atoms with Gasteiger partial charge in [0, 0.05) is 66.1 Å². The van der Waals surface area contributed by atoms with E-state index in [-0.39, 0.29) is 0 Å². The number of hydrogen-bond acceptors (Lipinski definition) is 4. The molecule has 272 valence electrons. The Hall–Kier alpha value is -7.27. The molecule has 1 aliphatic heterocycles. The van der Waals surface area contributed by atoms with Crippen molar-refractivity contribution in [1.29, 1.82) is 0 Å². The molecule has 0 saturated heterocycles. The molecule has 0 aliphatic carbocycles. The maximum atomic E-state index is 6.37. The Morgan fingerprint density at radius 1 is 0.310 bits per heavy atom. The highest BCUT2D eigenvalue weighted by molar-refractivity contribution is 7.99. The fourth-order valence-corrected chi connectivity index (χ4v) is 10.1. The minimum Gasteiger partial charge on any atom is -0.456 e. The van der Waals surface area contributed by atoms with E-state index < -0.39 is 0 Å². The second-order valence-electron chi connectivity index (χ2n) is 14.9. The maximum Gasteiger partial charge on any atom is 0.137 e. The molecular formula is C54H34N2OS. The molecule has 0 radical (unpaired) electrons. The lowest BCUT2D eigenvalue weighted by atomic mass is 9.92. The zero-order chi connectivity index (χ0) is 38.2. The average Bonchev–Trinajstić information content (AvgIpc) is 3.65. The maximum absolute atomic E-state index is 6.37. The lowest BCUT2D eigenvalue weighted by molar-refractivity contribution is 0.669. The number of benzene rings is 10. The van der Waals surface area contributed by atoms with Crippen molar-refractivity contribution >= 4 is 100 Å². The summed E-state index contributed by atoms with van der Waals surface area (Å²) in [5.41, 5.74) is 11.0. The van der Waals surface area contributed by atoms with Crippen molar-refractivity contribution in [2.45, 2.75) is 9.79 Å². The van der Waals surface area contributed by atoms with E-state index in [0.29, 0.717) is 0 Å². The van der Waals surface area contributed by atoms with E-state index in [2.05, 4.69) is 204 Å². The summed E-state index contributed by atoms with van der Waals surface area (Å²) in [5.74, 6) is 0. The lowest BCUT2D eigenvalue weighted by Crippen LogP contribution is -2.10. The van der Waals surface area contributed by atoms with Crippen LogP contribution in [0.3, 0.4) is 0 Å². The molecule has 12 rings (SSSR count). The topological polar surface area (TPSA) is 19.6 Å². The van der Waals surface area contributed by atoms with Gasteiger partial charge in [0.25, 0.3) is 0 Å². The van der Waals surface area contributed by atoms with Crippen molar-refractivity contribution in [1.82, 2.24) is 0 Å². The van der Waals surface area contributed by atoms with Crippen molar-refractivity contribution < 1.29 is 4.42 Å². The van der Waals surface area contributed by atoms with Gasteiger partial charge in [0.05, 0.1) is 0 Å². The van der Waals surface area contributed by atoms with E-state index in [1.807, 2.05) is 23.9 Å². The van der Waals surface area contributed by atoms with E-state index >= 15 is 0 Å². The van der Waals surface area contributed by atoms with Crippen LogP contribution in [0.4, 0.5) is 34.1 Å². The van der Waals surface area contributed by atoms with Gasteiger partial charge in [-0.1, -0.05) is 121 Å². The number of nitrogens with zero attached hydrogens (tertiary/aromatic N) is 2. The van der Waals surface area contributed by atoms with Crippen LogP contribution in [0.5, 0.6) is 0 Å². The standard InChI is InChI=1S/C54H34N2OS/c1-3-14-38(15-4-1)55(40-24-22-35-12-7-8-13-36(35)30-40)43-27-29-46-49-31-37-23-25-41(32-48(37)47-19-11-21-52(54(47)49)58-53(46)34-43)56(39-16-5-2-6-17-39)42-26-28-45-44-18-9-10-20-50(44)57-51(45)33-42/h1-34H. The van der Waals surface area contributed by atoms with Crippen LogP contribution in [-0.4, -0.2) is 0 Å². The van der Waals surface area contributed by atoms with Crippen molar-refractivity contribution in [3.63, 3.8) is 0 Å². The zero-order valence-corrected chi connectivity index (χ0v) is 32.2. The Morgan fingerprint density at radius 2 is 0.914 bits per heavy atom. The fourth-order valence-electron chi connectivity index (χ4n) is 8.89. The first-order valence-electron chi connectivity index (χ1n) is 19.7. The summed E-state index contributed by atoms with van der Waals surface area (Å²) < 4.78 is 6.37. The van der Waals surface area contributed by atoms with E-state index in [9.17, 15) is 0 Å². The van der Waals surface area contributed by atoms with E-state index in [1.54, 1.807) is 0 Å². The summed E-state index contributed by atoms with van der Waals surface area (Å²) in [5, 5.41) is 9.74. The molecule has 0 bridgehead atoms. The molecule has 0 fully saturated rings. The molecule has 0 atom stereocenters. The van der Waals surface area contributed by atoms with Gasteiger partial charge in [-0.25, -0.2) is 0 Å². The molecule has 4 heteroatoms. The molecule has 0 amide bonds. The zero-order valence-electron chi connectivity index (χ0n) is 31.3. The average molecular weight is 759 g/mol. The first-order chi connectivity index (χ1) is 28.7. The van der Waals surface area contributed by atoms with Crippen LogP contribution in [0.25, 0.3) is 65.4 Å². The van der Waals surface area contributed by atoms with Crippen molar-refractivity contribution in [2.24, 2.45) is 0 Å². The van der Waals surface area contributed by atoms with Gasteiger partial charge in [-0.05, 0) is 129 Å². The number of rotatable bonds is 6. The van der Waals surface area contributed by atoms with Gasteiger partial charge in [0.2, 0.25) is 0 Å². The number of hydrogen-bond donors (Lipinski definition) is 0. The van der Waals surface area contributed by atoms with Crippen molar-refractivity contribution in [3.8, 4) is 11.1 Å². The highest BCUT2D eigenvalue weighted by atomic mass is 32.2. The molecule has 10 aromatic carbocycles. The van der Waals surface area contributed by atoms with E-state index in [0.717, 1.165) is 56.1 Å². The molecule has 0 N–H and O–H groups in total. The molecule has 2 heterocycles. The van der Waals surface area contributed by atoms with Gasteiger partial charge < -0.3 is 14.2 Å². The Morgan fingerprint density at radius 3 is 1.72 bits per heavy atom. The van der Waals surface area contributed by atoms with Crippen molar-refractivity contribution in [2.75, 3.05) is 9.80 Å². The van der Waals surface area contributed by atoms with Gasteiger partial charge in [-0.2, -0.15) is 0 Å². The predicted octanol–water partition coefficient (Wildman–Crippen LogP) is 16.1.